The van der Waals surface area contributed by atoms with Crippen molar-refractivity contribution in [3.05, 3.63) is 28.0 Å². The van der Waals surface area contributed by atoms with Gasteiger partial charge in [-0.15, -0.1) is 5.10 Å². The molecule has 0 bridgehead atoms. The first-order chi connectivity index (χ1) is 9.19. The molecular formula is C13H21N5S. The van der Waals surface area contributed by atoms with E-state index in [1.807, 2.05) is 14.0 Å². The Kier molecular flexibility index (Phi) is 4.66. The third-order valence-corrected chi connectivity index (χ3v) is 4.28. The Hall–Kier alpha value is -1.27. The second-order valence-electron chi connectivity index (χ2n) is 4.56. The number of aryl methyl sites for hydroxylation is 3. The van der Waals surface area contributed by atoms with Crippen LogP contribution in [0.25, 0.3) is 0 Å². The zero-order valence-corrected chi connectivity index (χ0v) is 12.8. The molecular weight excluding hydrogens is 258 g/mol. The van der Waals surface area contributed by atoms with E-state index in [0.717, 1.165) is 30.8 Å². The molecule has 0 amide bonds. The van der Waals surface area contributed by atoms with Crippen LogP contribution in [0.15, 0.2) is 6.07 Å². The number of aromatic nitrogens is 4. The highest BCUT2D eigenvalue weighted by molar-refractivity contribution is 7.05. The molecule has 5 nitrogen and oxygen atoms in total. The molecule has 0 aliphatic rings. The fourth-order valence-electron chi connectivity index (χ4n) is 2.22. The van der Waals surface area contributed by atoms with Crippen LogP contribution >= 0.6 is 11.5 Å². The summed E-state index contributed by atoms with van der Waals surface area (Å²) in [6, 6.07) is 2.46. The van der Waals surface area contributed by atoms with Crippen LogP contribution in [0.5, 0.6) is 0 Å². The molecule has 0 aliphatic heterocycles. The quantitative estimate of drug-likeness (QED) is 0.880. The lowest BCUT2D eigenvalue weighted by atomic mass is 10.1. The van der Waals surface area contributed by atoms with Crippen LogP contribution < -0.4 is 5.32 Å². The van der Waals surface area contributed by atoms with Gasteiger partial charge in [-0.25, -0.2) is 0 Å². The first-order valence-corrected chi connectivity index (χ1v) is 7.48. The molecule has 2 aromatic heterocycles. The van der Waals surface area contributed by atoms with E-state index in [9.17, 15) is 0 Å². The predicted molar refractivity (Wildman–Crippen MR) is 77.4 cm³/mol. The van der Waals surface area contributed by atoms with Crippen LogP contribution in [0.4, 0.5) is 0 Å². The van der Waals surface area contributed by atoms with Crippen molar-refractivity contribution in [2.75, 3.05) is 7.05 Å². The Morgan fingerprint density at radius 1 is 1.42 bits per heavy atom. The molecule has 0 spiro atoms. The standard InChI is InChI=1S/C13H21N5S/c1-5-10-7-11(18(6-2)16-10)8-12(14-4)13-9(3)15-17-19-13/h7,12,14H,5-6,8H2,1-4H3. The van der Waals surface area contributed by atoms with Gasteiger partial charge in [-0.1, -0.05) is 11.4 Å². The molecule has 0 aliphatic carbocycles. The maximum absolute atomic E-state index is 4.60. The summed E-state index contributed by atoms with van der Waals surface area (Å²) in [6.45, 7) is 7.19. The van der Waals surface area contributed by atoms with Crippen LogP contribution in [0.3, 0.4) is 0 Å². The average molecular weight is 279 g/mol. The van der Waals surface area contributed by atoms with Crippen molar-refractivity contribution in [2.24, 2.45) is 0 Å². The van der Waals surface area contributed by atoms with Crippen molar-refractivity contribution in [1.82, 2.24) is 24.7 Å². The lowest BCUT2D eigenvalue weighted by Gasteiger charge is -2.15. The molecule has 2 rings (SSSR count). The van der Waals surface area contributed by atoms with Gasteiger partial charge in [0.05, 0.1) is 22.3 Å². The van der Waals surface area contributed by atoms with Gasteiger partial charge < -0.3 is 5.32 Å². The summed E-state index contributed by atoms with van der Waals surface area (Å²) in [5, 5.41) is 12.1. The fraction of sp³-hybridized carbons (Fsp3) is 0.615. The van der Waals surface area contributed by atoms with Crippen molar-refractivity contribution >= 4 is 11.5 Å². The lowest BCUT2D eigenvalue weighted by molar-refractivity contribution is 0.543. The topological polar surface area (TPSA) is 55.6 Å². The van der Waals surface area contributed by atoms with Gasteiger partial charge in [0.2, 0.25) is 0 Å². The largest absolute Gasteiger partial charge is 0.312 e. The molecule has 6 heteroatoms. The van der Waals surface area contributed by atoms with Crippen molar-refractivity contribution in [2.45, 2.75) is 46.2 Å². The fourth-order valence-corrected chi connectivity index (χ4v) is 2.97. The number of hydrogen-bond acceptors (Lipinski definition) is 5. The highest BCUT2D eigenvalue weighted by Crippen LogP contribution is 2.23. The van der Waals surface area contributed by atoms with Gasteiger partial charge in [-0.3, -0.25) is 4.68 Å². The van der Waals surface area contributed by atoms with Gasteiger partial charge in [0.1, 0.15) is 0 Å². The van der Waals surface area contributed by atoms with Crippen LogP contribution in [0, 0.1) is 6.92 Å². The van der Waals surface area contributed by atoms with Gasteiger partial charge in [0.25, 0.3) is 0 Å². The van der Waals surface area contributed by atoms with Gasteiger partial charge in [0, 0.05) is 18.7 Å². The summed E-state index contributed by atoms with van der Waals surface area (Å²) in [5.74, 6) is 0. The first-order valence-electron chi connectivity index (χ1n) is 6.71. The molecule has 2 heterocycles. The van der Waals surface area contributed by atoms with Crippen molar-refractivity contribution < 1.29 is 0 Å². The second-order valence-corrected chi connectivity index (χ2v) is 5.35. The summed E-state index contributed by atoms with van der Waals surface area (Å²) >= 11 is 1.47. The molecule has 2 aromatic rings. The minimum atomic E-state index is 0.256. The zero-order valence-electron chi connectivity index (χ0n) is 12.0. The smallest absolute Gasteiger partial charge is 0.0772 e. The third kappa shape index (κ3) is 3.01. The highest BCUT2D eigenvalue weighted by atomic mass is 32.1. The third-order valence-electron chi connectivity index (χ3n) is 3.34. The molecule has 0 saturated carbocycles. The molecule has 0 aromatic carbocycles. The first kappa shape index (κ1) is 14.1. The average Bonchev–Trinajstić information content (AvgIpc) is 3.01. The van der Waals surface area contributed by atoms with E-state index < -0.39 is 0 Å². The molecule has 104 valence electrons. The van der Waals surface area contributed by atoms with Crippen LogP contribution in [0.2, 0.25) is 0 Å². The number of nitrogens with one attached hydrogen (secondary N) is 1. The summed E-state index contributed by atoms with van der Waals surface area (Å²) < 4.78 is 6.12. The Labute approximate surface area is 118 Å². The number of likely N-dealkylation sites (N-methyl/N-ethyl adjacent to an activating group) is 1. The molecule has 1 unspecified atom stereocenters. The Balaban J connectivity index is 2.23. The number of rotatable bonds is 6. The van der Waals surface area contributed by atoms with Gasteiger partial charge in [0.15, 0.2) is 0 Å². The Bertz CT molecular complexity index is 531. The Morgan fingerprint density at radius 2 is 2.21 bits per heavy atom. The normalized spacial score (nSPS) is 12.8. The Morgan fingerprint density at radius 3 is 2.74 bits per heavy atom. The van der Waals surface area contributed by atoms with Crippen LogP contribution in [-0.4, -0.2) is 26.4 Å². The highest BCUT2D eigenvalue weighted by Gasteiger charge is 2.18. The van der Waals surface area contributed by atoms with E-state index >= 15 is 0 Å². The van der Waals surface area contributed by atoms with Gasteiger partial charge in [-0.2, -0.15) is 5.10 Å². The number of nitrogens with zero attached hydrogens (tertiary/aromatic N) is 4. The van der Waals surface area contributed by atoms with Crippen molar-refractivity contribution in [3.63, 3.8) is 0 Å². The summed E-state index contributed by atoms with van der Waals surface area (Å²) in [5.41, 5.74) is 3.44. The SMILES string of the molecule is CCc1cc(CC(NC)c2snnc2C)n(CC)n1. The minimum Gasteiger partial charge on any atom is -0.312 e. The summed E-state index contributed by atoms with van der Waals surface area (Å²) in [4.78, 5) is 1.21. The molecule has 1 N–H and O–H groups in total. The second kappa shape index (κ2) is 6.25. The van der Waals surface area contributed by atoms with E-state index in [1.165, 1.54) is 22.1 Å². The van der Waals surface area contributed by atoms with Crippen molar-refractivity contribution in [3.8, 4) is 0 Å². The monoisotopic (exact) mass is 279 g/mol. The summed E-state index contributed by atoms with van der Waals surface area (Å²) in [6.07, 6.45) is 1.90. The molecule has 19 heavy (non-hydrogen) atoms. The maximum Gasteiger partial charge on any atom is 0.0772 e. The minimum absolute atomic E-state index is 0.256. The zero-order chi connectivity index (χ0) is 13.8. The van der Waals surface area contributed by atoms with E-state index in [-0.39, 0.29) is 6.04 Å². The molecule has 0 saturated heterocycles. The van der Waals surface area contributed by atoms with Crippen molar-refractivity contribution in [1.29, 1.82) is 0 Å². The predicted octanol–water partition coefficient (Wildman–Crippen LogP) is 2.13. The van der Waals surface area contributed by atoms with Crippen LogP contribution in [-0.2, 0) is 19.4 Å². The molecule has 1 atom stereocenters. The maximum atomic E-state index is 4.60. The van der Waals surface area contributed by atoms with Gasteiger partial charge in [-0.05, 0) is 44.9 Å². The van der Waals surface area contributed by atoms with E-state index in [1.54, 1.807) is 0 Å². The van der Waals surface area contributed by atoms with E-state index in [2.05, 4.69) is 44.6 Å². The number of hydrogen-bond donors (Lipinski definition) is 1. The van der Waals surface area contributed by atoms with E-state index in [4.69, 9.17) is 0 Å². The summed E-state index contributed by atoms with van der Waals surface area (Å²) in [7, 11) is 1.98. The molecule has 0 fully saturated rings. The van der Waals surface area contributed by atoms with Crippen LogP contribution in [0.1, 0.15) is 41.8 Å². The lowest BCUT2D eigenvalue weighted by Crippen LogP contribution is -2.20. The molecule has 0 radical (unpaired) electrons. The van der Waals surface area contributed by atoms with Gasteiger partial charge >= 0.3 is 0 Å². The van der Waals surface area contributed by atoms with E-state index in [0.29, 0.717) is 0 Å².